The van der Waals surface area contributed by atoms with Gasteiger partial charge in [0.1, 0.15) is 12.4 Å². The van der Waals surface area contributed by atoms with Gasteiger partial charge in [0, 0.05) is 12.1 Å². The molecule has 0 spiro atoms. The lowest BCUT2D eigenvalue weighted by Crippen LogP contribution is -2.30. The molecule has 1 aliphatic rings. The summed E-state index contributed by atoms with van der Waals surface area (Å²) < 4.78 is 43.7. The molecule has 0 aliphatic carbocycles. The molecule has 0 amide bonds. The van der Waals surface area contributed by atoms with Crippen molar-refractivity contribution in [1.82, 2.24) is 4.90 Å². The van der Waals surface area contributed by atoms with Crippen LogP contribution in [0.1, 0.15) is 5.56 Å². The van der Waals surface area contributed by atoms with E-state index in [1.165, 1.54) is 24.3 Å². The maximum absolute atomic E-state index is 12.7. The normalized spacial score (nSPS) is 16.7. The van der Waals surface area contributed by atoms with E-state index in [9.17, 15) is 13.2 Å². The van der Waals surface area contributed by atoms with Crippen LogP contribution in [-0.2, 0) is 5.66 Å². The van der Waals surface area contributed by atoms with Crippen LogP contribution in [0.4, 0.5) is 13.2 Å². The third-order valence-corrected chi connectivity index (χ3v) is 2.76. The maximum atomic E-state index is 12.7. The second-order valence-electron chi connectivity index (χ2n) is 4.55. The fourth-order valence-corrected chi connectivity index (χ4v) is 1.57. The van der Waals surface area contributed by atoms with Crippen molar-refractivity contribution in [1.29, 1.82) is 0 Å². The number of hydrogen-bond acceptors (Lipinski definition) is 4. The summed E-state index contributed by atoms with van der Waals surface area (Å²) in [4.78, 5) is 1.95. The molecule has 0 atom stereocenters. The standard InChI is InChI=1S/C12H14F3N3O/c1-18(2)7-8-19-10-5-3-9(4-6-10)11(16-17-11)12(13,14)15/h3-6H,7-8H2,1-2H3. The minimum atomic E-state index is -4.49. The van der Waals surface area contributed by atoms with Crippen LogP contribution in [0.2, 0.25) is 0 Å². The number of ether oxygens (including phenoxy) is 1. The SMILES string of the molecule is CN(C)CCOc1ccc(C2(C(F)(F)F)N=N2)cc1. The van der Waals surface area contributed by atoms with Gasteiger partial charge in [-0.15, -0.1) is 10.2 Å². The van der Waals surface area contributed by atoms with Gasteiger partial charge >= 0.3 is 11.8 Å². The summed E-state index contributed by atoms with van der Waals surface area (Å²) in [6, 6.07) is 5.70. The van der Waals surface area contributed by atoms with Crippen LogP contribution >= 0.6 is 0 Å². The Labute approximate surface area is 108 Å². The lowest BCUT2D eigenvalue weighted by molar-refractivity contribution is -0.166. The monoisotopic (exact) mass is 273 g/mol. The number of rotatable bonds is 5. The van der Waals surface area contributed by atoms with Gasteiger partial charge in [-0.3, -0.25) is 0 Å². The largest absolute Gasteiger partial charge is 0.492 e. The van der Waals surface area contributed by atoms with E-state index in [4.69, 9.17) is 4.74 Å². The van der Waals surface area contributed by atoms with Crippen molar-refractivity contribution < 1.29 is 17.9 Å². The Morgan fingerprint density at radius 2 is 1.74 bits per heavy atom. The van der Waals surface area contributed by atoms with Gasteiger partial charge in [0.2, 0.25) is 0 Å². The molecular formula is C12H14F3N3O. The van der Waals surface area contributed by atoms with Crippen LogP contribution in [0.25, 0.3) is 0 Å². The van der Waals surface area contributed by atoms with Crippen molar-refractivity contribution in [2.45, 2.75) is 11.8 Å². The minimum absolute atomic E-state index is 0.0139. The lowest BCUT2D eigenvalue weighted by atomic mass is 10.0. The topological polar surface area (TPSA) is 37.2 Å². The lowest BCUT2D eigenvalue weighted by Gasteiger charge is -2.15. The molecule has 19 heavy (non-hydrogen) atoms. The van der Waals surface area contributed by atoms with Gasteiger partial charge in [0.05, 0.1) is 0 Å². The van der Waals surface area contributed by atoms with Crippen molar-refractivity contribution >= 4 is 0 Å². The number of likely N-dealkylation sites (N-methyl/N-ethyl adjacent to an activating group) is 1. The van der Waals surface area contributed by atoms with E-state index in [0.29, 0.717) is 12.4 Å². The first kappa shape index (κ1) is 13.8. The molecule has 0 N–H and O–H groups in total. The van der Waals surface area contributed by atoms with Gasteiger partial charge in [-0.1, -0.05) is 12.1 Å². The summed E-state index contributed by atoms with van der Waals surface area (Å²) >= 11 is 0. The fraction of sp³-hybridized carbons (Fsp3) is 0.500. The molecule has 7 heteroatoms. The van der Waals surface area contributed by atoms with Crippen LogP contribution in [0.3, 0.4) is 0 Å². The zero-order chi connectivity index (χ0) is 14.1. The Bertz CT molecular complexity index is 462. The molecular weight excluding hydrogens is 259 g/mol. The average Bonchev–Trinajstić information content (AvgIpc) is 3.10. The third kappa shape index (κ3) is 2.86. The molecule has 0 unspecified atom stereocenters. The third-order valence-electron chi connectivity index (χ3n) is 2.76. The quantitative estimate of drug-likeness (QED) is 0.827. The van der Waals surface area contributed by atoms with Gasteiger partial charge < -0.3 is 9.64 Å². The summed E-state index contributed by atoms with van der Waals surface area (Å²) in [5.41, 5.74) is -2.34. The highest BCUT2D eigenvalue weighted by Crippen LogP contribution is 2.52. The fourth-order valence-electron chi connectivity index (χ4n) is 1.57. The van der Waals surface area contributed by atoms with Crippen molar-refractivity contribution in [2.24, 2.45) is 10.2 Å². The van der Waals surface area contributed by atoms with E-state index in [-0.39, 0.29) is 5.56 Å². The van der Waals surface area contributed by atoms with E-state index in [1.54, 1.807) is 0 Å². The van der Waals surface area contributed by atoms with E-state index < -0.39 is 11.8 Å². The number of hydrogen-bond donors (Lipinski definition) is 0. The van der Waals surface area contributed by atoms with Crippen molar-refractivity contribution in [3.63, 3.8) is 0 Å². The van der Waals surface area contributed by atoms with Gasteiger partial charge in [-0.2, -0.15) is 13.2 Å². The molecule has 1 aliphatic heterocycles. The van der Waals surface area contributed by atoms with Gasteiger partial charge in [0.15, 0.2) is 0 Å². The molecule has 0 aromatic heterocycles. The summed E-state index contributed by atoms with van der Waals surface area (Å²) in [5.74, 6) is 0.531. The van der Waals surface area contributed by atoms with Crippen molar-refractivity contribution in [3.05, 3.63) is 29.8 Å². The highest BCUT2D eigenvalue weighted by Gasteiger charge is 2.65. The first-order chi connectivity index (χ1) is 8.85. The van der Waals surface area contributed by atoms with E-state index in [2.05, 4.69) is 10.2 Å². The Morgan fingerprint density at radius 1 is 1.16 bits per heavy atom. The Morgan fingerprint density at radius 3 is 2.16 bits per heavy atom. The number of alkyl halides is 3. The molecule has 1 aromatic rings. The summed E-state index contributed by atoms with van der Waals surface area (Å²) in [6.07, 6.45) is -4.49. The molecule has 1 heterocycles. The molecule has 4 nitrogen and oxygen atoms in total. The Hall–Kier alpha value is -1.63. The molecule has 0 bridgehead atoms. The minimum Gasteiger partial charge on any atom is -0.492 e. The van der Waals surface area contributed by atoms with Crippen LogP contribution in [0.5, 0.6) is 5.75 Å². The van der Waals surface area contributed by atoms with E-state index >= 15 is 0 Å². The van der Waals surface area contributed by atoms with E-state index in [1.807, 2.05) is 19.0 Å². The van der Waals surface area contributed by atoms with Crippen molar-refractivity contribution in [3.8, 4) is 5.75 Å². The maximum Gasteiger partial charge on any atom is 0.442 e. The average molecular weight is 273 g/mol. The zero-order valence-electron chi connectivity index (χ0n) is 10.6. The molecule has 0 saturated heterocycles. The molecule has 0 saturated carbocycles. The zero-order valence-corrected chi connectivity index (χ0v) is 10.6. The predicted molar refractivity (Wildman–Crippen MR) is 63.1 cm³/mol. The van der Waals surface area contributed by atoms with Gasteiger partial charge in [-0.05, 0) is 26.2 Å². The smallest absolute Gasteiger partial charge is 0.442 e. The summed E-state index contributed by atoms with van der Waals surface area (Å²) in [6.45, 7) is 1.21. The van der Waals surface area contributed by atoms with Crippen molar-refractivity contribution in [2.75, 3.05) is 27.2 Å². The highest BCUT2D eigenvalue weighted by molar-refractivity contribution is 5.35. The molecule has 0 radical (unpaired) electrons. The van der Waals surface area contributed by atoms with E-state index in [0.717, 1.165) is 6.54 Å². The molecule has 0 fully saturated rings. The van der Waals surface area contributed by atoms with Crippen LogP contribution in [0, 0.1) is 0 Å². The second kappa shape index (κ2) is 4.80. The molecule has 104 valence electrons. The van der Waals surface area contributed by atoms with Crippen LogP contribution in [0.15, 0.2) is 34.5 Å². The molecule has 1 aromatic carbocycles. The Balaban J connectivity index is 2.00. The van der Waals surface area contributed by atoms with Crippen LogP contribution in [-0.4, -0.2) is 38.3 Å². The number of nitrogens with zero attached hydrogens (tertiary/aromatic N) is 3. The Kier molecular flexibility index (Phi) is 3.49. The number of halogens is 3. The van der Waals surface area contributed by atoms with Gasteiger partial charge in [0.25, 0.3) is 0 Å². The second-order valence-corrected chi connectivity index (χ2v) is 4.55. The first-order valence-corrected chi connectivity index (χ1v) is 5.74. The predicted octanol–water partition coefficient (Wildman–Crippen LogP) is 2.81. The molecule has 2 rings (SSSR count). The van der Waals surface area contributed by atoms with Gasteiger partial charge in [-0.25, -0.2) is 0 Å². The summed E-state index contributed by atoms with van der Waals surface area (Å²) in [5, 5.41) is 6.29. The summed E-state index contributed by atoms with van der Waals surface area (Å²) in [7, 11) is 3.82. The number of benzene rings is 1. The van der Waals surface area contributed by atoms with Crippen LogP contribution < -0.4 is 4.74 Å². The highest BCUT2D eigenvalue weighted by atomic mass is 19.4. The first-order valence-electron chi connectivity index (χ1n) is 5.74.